The maximum atomic E-state index is 12.4. The first-order chi connectivity index (χ1) is 9.69. The SMILES string of the molecule is CCCn1c(=O)c(C#N)nn(C2CCCCCC2)c1=O. The van der Waals surface area contributed by atoms with Crippen molar-refractivity contribution in [2.45, 2.75) is 64.5 Å². The van der Waals surface area contributed by atoms with E-state index < -0.39 is 5.56 Å². The van der Waals surface area contributed by atoms with Gasteiger partial charge in [0.05, 0.1) is 6.04 Å². The van der Waals surface area contributed by atoms with Crippen LogP contribution in [-0.2, 0) is 6.54 Å². The number of hydrogen-bond donors (Lipinski definition) is 0. The van der Waals surface area contributed by atoms with Crippen molar-refractivity contribution in [2.75, 3.05) is 0 Å². The zero-order valence-corrected chi connectivity index (χ0v) is 11.8. The third kappa shape index (κ3) is 2.82. The van der Waals surface area contributed by atoms with Crippen LogP contribution < -0.4 is 11.2 Å². The molecule has 20 heavy (non-hydrogen) atoms. The van der Waals surface area contributed by atoms with E-state index >= 15 is 0 Å². The second-order valence-electron chi connectivity index (χ2n) is 5.29. The molecule has 1 aliphatic carbocycles. The monoisotopic (exact) mass is 276 g/mol. The average molecular weight is 276 g/mol. The lowest BCUT2D eigenvalue weighted by molar-refractivity contribution is 0.360. The fourth-order valence-electron chi connectivity index (χ4n) is 2.76. The van der Waals surface area contributed by atoms with E-state index in [-0.39, 0.29) is 17.4 Å². The lowest BCUT2D eigenvalue weighted by atomic mass is 10.1. The first-order valence-electron chi connectivity index (χ1n) is 7.32. The zero-order valence-electron chi connectivity index (χ0n) is 11.8. The van der Waals surface area contributed by atoms with E-state index in [1.54, 1.807) is 0 Å². The van der Waals surface area contributed by atoms with Crippen LogP contribution in [0.25, 0.3) is 0 Å². The van der Waals surface area contributed by atoms with Crippen molar-refractivity contribution in [1.82, 2.24) is 14.3 Å². The van der Waals surface area contributed by atoms with Gasteiger partial charge in [-0.05, 0) is 19.3 Å². The van der Waals surface area contributed by atoms with Crippen LogP contribution in [0.5, 0.6) is 0 Å². The summed E-state index contributed by atoms with van der Waals surface area (Å²) >= 11 is 0. The van der Waals surface area contributed by atoms with Gasteiger partial charge in [-0.3, -0.25) is 9.36 Å². The van der Waals surface area contributed by atoms with Gasteiger partial charge in [-0.1, -0.05) is 32.6 Å². The summed E-state index contributed by atoms with van der Waals surface area (Å²) < 4.78 is 2.53. The normalized spacial score (nSPS) is 16.6. The average Bonchev–Trinajstić information content (AvgIpc) is 2.73. The largest absolute Gasteiger partial charge is 0.347 e. The Labute approximate surface area is 117 Å². The minimum absolute atomic E-state index is 0.0146. The number of hydrogen-bond acceptors (Lipinski definition) is 4. The van der Waals surface area contributed by atoms with Crippen LogP contribution in [0.3, 0.4) is 0 Å². The number of nitrogens with zero attached hydrogens (tertiary/aromatic N) is 4. The van der Waals surface area contributed by atoms with E-state index in [1.807, 2.05) is 13.0 Å². The smallest absolute Gasteiger partial charge is 0.266 e. The Kier molecular flexibility index (Phi) is 4.72. The fraction of sp³-hybridized carbons (Fsp3) is 0.714. The molecule has 0 unspecified atom stereocenters. The topological polar surface area (TPSA) is 80.7 Å². The van der Waals surface area contributed by atoms with Gasteiger partial charge in [-0.15, -0.1) is 0 Å². The quantitative estimate of drug-likeness (QED) is 0.785. The Morgan fingerprint density at radius 3 is 2.45 bits per heavy atom. The van der Waals surface area contributed by atoms with E-state index in [2.05, 4.69) is 5.10 Å². The van der Waals surface area contributed by atoms with Crippen molar-refractivity contribution < 1.29 is 0 Å². The molecule has 6 nitrogen and oxygen atoms in total. The predicted molar refractivity (Wildman–Crippen MR) is 74.5 cm³/mol. The van der Waals surface area contributed by atoms with Gasteiger partial charge >= 0.3 is 5.69 Å². The first-order valence-corrected chi connectivity index (χ1v) is 7.32. The second kappa shape index (κ2) is 6.51. The van der Waals surface area contributed by atoms with E-state index in [0.717, 1.165) is 30.3 Å². The standard InChI is InChI=1S/C14H20N4O2/c1-2-9-17-13(19)12(10-15)16-18(14(17)20)11-7-5-3-4-6-8-11/h11H,2-9H2,1H3. The molecule has 1 aromatic rings. The predicted octanol–water partition coefficient (Wildman–Crippen LogP) is 1.58. The Morgan fingerprint density at radius 1 is 1.25 bits per heavy atom. The fourth-order valence-corrected chi connectivity index (χ4v) is 2.76. The molecule has 0 aromatic carbocycles. The van der Waals surface area contributed by atoms with Crippen LogP contribution in [0.1, 0.15) is 63.6 Å². The summed E-state index contributed by atoms with van der Waals surface area (Å²) in [6, 6.07) is 1.83. The number of nitriles is 1. The molecule has 1 heterocycles. The van der Waals surface area contributed by atoms with Crippen LogP contribution in [0.2, 0.25) is 0 Å². The van der Waals surface area contributed by atoms with E-state index in [4.69, 9.17) is 5.26 Å². The summed E-state index contributed by atoms with van der Waals surface area (Å²) in [7, 11) is 0. The molecule has 0 radical (unpaired) electrons. The molecule has 0 atom stereocenters. The molecule has 0 N–H and O–H groups in total. The molecule has 0 saturated heterocycles. The Bertz CT molecular complexity index is 616. The van der Waals surface area contributed by atoms with Gasteiger partial charge in [0.15, 0.2) is 0 Å². The van der Waals surface area contributed by atoms with E-state index in [9.17, 15) is 9.59 Å². The van der Waals surface area contributed by atoms with Gasteiger partial charge in [-0.25, -0.2) is 9.48 Å². The molecule has 1 saturated carbocycles. The lowest BCUT2D eigenvalue weighted by Crippen LogP contribution is -2.44. The zero-order chi connectivity index (χ0) is 14.5. The highest BCUT2D eigenvalue weighted by Gasteiger charge is 2.20. The van der Waals surface area contributed by atoms with E-state index in [1.165, 1.54) is 17.5 Å². The summed E-state index contributed by atoms with van der Waals surface area (Å²) in [5, 5.41) is 13.0. The molecular formula is C14H20N4O2. The van der Waals surface area contributed by atoms with Crippen LogP contribution in [0, 0.1) is 11.3 Å². The minimum Gasteiger partial charge on any atom is -0.266 e. The third-order valence-corrected chi connectivity index (χ3v) is 3.81. The van der Waals surface area contributed by atoms with Gasteiger partial charge in [0.2, 0.25) is 5.69 Å². The van der Waals surface area contributed by atoms with Crippen molar-refractivity contribution >= 4 is 0 Å². The molecular weight excluding hydrogens is 256 g/mol. The van der Waals surface area contributed by atoms with Gasteiger partial charge in [0.1, 0.15) is 6.07 Å². The Morgan fingerprint density at radius 2 is 1.90 bits per heavy atom. The van der Waals surface area contributed by atoms with Crippen LogP contribution in [0.4, 0.5) is 0 Å². The van der Waals surface area contributed by atoms with Crippen LogP contribution in [-0.4, -0.2) is 14.3 Å². The van der Waals surface area contributed by atoms with Crippen LogP contribution in [0.15, 0.2) is 9.59 Å². The number of rotatable bonds is 3. The van der Waals surface area contributed by atoms with Gasteiger partial charge < -0.3 is 0 Å². The molecule has 0 spiro atoms. The third-order valence-electron chi connectivity index (χ3n) is 3.81. The van der Waals surface area contributed by atoms with Gasteiger partial charge in [0, 0.05) is 6.54 Å². The molecule has 2 rings (SSSR count). The highest BCUT2D eigenvalue weighted by atomic mass is 16.2. The van der Waals surface area contributed by atoms with Crippen molar-refractivity contribution in [3.05, 3.63) is 26.5 Å². The molecule has 108 valence electrons. The lowest BCUT2D eigenvalue weighted by Gasteiger charge is -2.17. The second-order valence-corrected chi connectivity index (χ2v) is 5.29. The van der Waals surface area contributed by atoms with Crippen molar-refractivity contribution in [2.24, 2.45) is 0 Å². The van der Waals surface area contributed by atoms with Crippen molar-refractivity contribution in [3.63, 3.8) is 0 Å². The highest BCUT2D eigenvalue weighted by Crippen LogP contribution is 2.25. The summed E-state index contributed by atoms with van der Waals surface area (Å²) in [4.78, 5) is 24.4. The maximum absolute atomic E-state index is 12.4. The molecule has 6 heteroatoms. The Hall–Kier alpha value is -1.90. The van der Waals surface area contributed by atoms with Gasteiger partial charge in [-0.2, -0.15) is 10.4 Å². The maximum Gasteiger partial charge on any atom is 0.347 e. The van der Waals surface area contributed by atoms with Crippen LogP contribution >= 0.6 is 0 Å². The van der Waals surface area contributed by atoms with Crippen molar-refractivity contribution in [3.8, 4) is 6.07 Å². The molecule has 0 bridgehead atoms. The molecule has 1 aliphatic rings. The number of aromatic nitrogens is 3. The molecule has 1 fully saturated rings. The van der Waals surface area contributed by atoms with Gasteiger partial charge in [0.25, 0.3) is 5.56 Å². The molecule has 0 amide bonds. The van der Waals surface area contributed by atoms with Crippen molar-refractivity contribution in [1.29, 1.82) is 5.26 Å². The highest BCUT2D eigenvalue weighted by molar-refractivity contribution is 5.14. The minimum atomic E-state index is -0.566. The molecule has 1 aromatic heterocycles. The molecule has 0 aliphatic heterocycles. The summed E-state index contributed by atoms with van der Waals surface area (Å²) in [5.41, 5.74) is -1.12. The summed E-state index contributed by atoms with van der Waals surface area (Å²) in [5.74, 6) is 0. The summed E-state index contributed by atoms with van der Waals surface area (Å²) in [6.45, 7) is 2.23. The Balaban J connectivity index is 2.52. The first kappa shape index (κ1) is 14.5. The van der Waals surface area contributed by atoms with E-state index in [0.29, 0.717) is 13.0 Å². The summed E-state index contributed by atoms with van der Waals surface area (Å²) in [6.07, 6.45) is 6.93.